The predicted molar refractivity (Wildman–Crippen MR) is 83.5 cm³/mol. The molecule has 0 spiro atoms. The van der Waals surface area contributed by atoms with Crippen LogP contribution in [0.1, 0.15) is 34.8 Å². The van der Waals surface area contributed by atoms with Crippen molar-refractivity contribution >= 4 is 40.1 Å². The average molecular weight is 390 g/mol. The van der Waals surface area contributed by atoms with Crippen LogP contribution in [0.2, 0.25) is 5.02 Å². The zero-order valence-corrected chi connectivity index (χ0v) is 13.4. The monoisotopic (exact) mass is 389 g/mol. The molecule has 1 atom stereocenters. The highest BCUT2D eigenvalue weighted by Crippen LogP contribution is 2.20. The third-order valence-electron chi connectivity index (χ3n) is 2.71. The van der Waals surface area contributed by atoms with Gasteiger partial charge in [0.2, 0.25) is 0 Å². The second-order valence-corrected chi connectivity index (χ2v) is 5.87. The van der Waals surface area contributed by atoms with Crippen molar-refractivity contribution in [2.24, 2.45) is 0 Å². The Hall–Kier alpha value is -1.01. The van der Waals surface area contributed by atoms with Gasteiger partial charge in [0, 0.05) is 8.59 Å². The Kier molecular flexibility index (Phi) is 4.52. The maximum absolute atomic E-state index is 12.2. The lowest BCUT2D eigenvalue weighted by Gasteiger charge is -2.12. The molecule has 0 fully saturated rings. The van der Waals surface area contributed by atoms with Crippen LogP contribution >= 0.6 is 34.2 Å². The fourth-order valence-electron chi connectivity index (χ4n) is 1.70. The normalized spacial score (nSPS) is 12.2. The number of halogens is 2. The standard InChI is InChI=1S/C14H13ClINO2/c1-8-3-6-13(19-8)9(2)17-14(18)11-7-10(15)4-5-12(11)16/h3-7,9H,1-2H3,(H,17,18). The van der Waals surface area contributed by atoms with Gasteiger partial charge in [0.05, 0.1) is 11.6 Å². The Balaban J connectivity index is 2.15. The van der Waals surface area contributed by atoms with Crippen LogP contribution in [0.3, 0.4) is 0 Å². The van der Waals surface area contributed by atoms with Gasteiger partial charge in [-0.25, -0.2) is 0 Å². The van der Waals surface area contributed by atoms with Gasteiger partial charge in [-0.15, -0.1) is 0 Å². The number of carbonyl (C=O) groups is 1. The molecule has 2 rings (SSSR count). The molecule has 0 radical (unpaired) electrons. The number of carbonyl (C=O) groups excluding carboxylic acids is 1. The van der Waals surface area contributed by atoms with E-state index in [1.807, 2.05) is 32.0 Å². The molecule has 1 N–H and O–H groups in total. The molecule has 1 heterocycles. The van der Waals surface area contributed by atoms with Gasteiger partial charge in [0.25, 0.3) is 5.91 Å². The summed E-state index contributed by atoms with van der Waals surface area (Å²) in [5.41, 5.74) is 0.572. The van der Waals surface area contributed by atoms with E-state index in [1.54, 1.807) is 12.1 Å². The van der Waals surface area contributed by atoms with Crippen LogP contribution in [0.5, 0.6) is 0 Å². The number of amides is 1. The van der Waals surface area contributed by atoms with E-state index in [0.29, 0.717) is 10.6 Å². The van der Waals surface area contributed by atoms with Crippen molar-refractivity contribution in [1.29, 1.82) is 0 Å². The Morgan fingerprint density at radius 3 is 2.74 bits per heavy atom. The molecule has 100 valence electrons. The number of benzene rings is 1. The SMILES string of the molecule is Cc1ccc(C(C)NC(=O)c2cc(Cl)ccc2I)o1. The summed E-state index contributed by atoms with van der Waals surface area (Å²) in [6, 6.07) is 8.80. The van der Waals surface area contributed by atoms with Gasteiger partial charge in [0.1, 0.15) is 11.5 Å². The second-order valence-electron chi connectivity index (χ2n) is 4.27. The molecule has 2 aromatic rings. The van der Waals surface area contributed by atoms with Gasteiger partial charge >= 0.3 is 0 Å². The van der Waals surface area contributed by atoms with E-state index in [-0.39, 0.29) is 11.9 Å². The number of aryl methyl sites for hydroxylation is 1. The number of hydrogen-bond acceptors (Lipinski definition) is 2. The van der Waals surface area contributed by atoms with E-state index in [1.165, 1.54) is 0 Å². The highest BCUT2D eigenvalue weighted by Gasteiger charge is 2.16. The summed E-state index contributed by atoms with van der Waals surface area (Å²) in [7, 11) is 0. The van der Waals surface area contributed by atoms with Crippen LogP contribution in [0.15, 0.2) is 34.7 Å². The van der Waals surface area contributed by atoms with Gasteiger partial charge in [-0.2, -0.15) is 0 Å². The number of furan rings is 1. The van der Waals surface area contributed by atoms with E-state index in [9.17, 15) is 4.79 Å². The molecule has 19 heavy (non-hydrogen) atoms. The lowest BCUT2D eigenvalue weighted by atomic mass is 10.2. The lowest BCUT2D eigenvalue weighted by Crippen LogP contribution is -2.27. The fraction of sp³-hybridized carbons (Fsp3) is 0.214. The van der Waals surface area contributed by atoms with Gasteiger partial charge in [0.15, 0.2) is 0 Å². The minimum absolute atomic E-state index is 0.159. The zero-order valence-electron chi connectivity index (χ0n) is 10.5. The molecule has 0 bridgehead atoms. The van der Waals surface area contributed by atoms with E-state index < -0.39 is 0 Å². The molecule has 1 aromatic heterocycles. The first-order valence-electron chi connectivity index (χ1n) is 5.79. The highest BCUT2D eigenvalue weighted by atomic mass is 127. The minimum Gasteiger partial charge on any atom is -0.464 e. The Bertz CT molecular complexity index is 609. The van der Waals surface area contributed by atoms with E-state index in [4.69, 9.17) is 16.0 Å². The average Bonchev–Trinajstić information content (AvgIpc) is 2.79. The Morgan fingerprint density at radius 2 is 2.11 bits per heavy atom. The summed E-state index contributed by atoms with van der Waals surface area (Å²) in [6.07, 6.45) is 0. The molecular weight excluding hydrogens is 377 g/mol. The molecule has 3 nitrogen and oxygen atoms in total. The quantitative estimate of drug-likeness (QED) is 0.794. The van der Waals surface area contributed by atoms with Crippen LogP contribution in [0.4, 0.5) is 0 Å². The number of rotatable bonds is 3. The summed E-state index contributed by atoms with van der Waals surface area (Å²) in [5, 5.41) is 3.45. The van der Waals surface area contributed by atoms with Crippen LogP contribution in [0.25, 0.3) is 0 Å². The van der Waals surface area contributed by atoms with Gasteiger partial charge in [-0.1, -0.05) is 11.6 Å². The van der Waals surface area contributed by atoms with Crippen molar-refractivity contribution < 1.29 is 9.21 Å². The van der Waals surface area contributed by atoms with Crippen LogP contribution in [0, 0.1) is 10.5 Å². The maximum Gasteiger partial charge on any atom is 0.252 e. The zero-order chi connectivity index (χ0) is 14.0. The molecule has 1 unspecified atom stereocenters. The molecule has 0 saturated carbocycles. The number of hydrogen-bond donors (Lipinski definition) is 1. The van der Waals surface area contributed by atoms with E-state index in [2.05, 4.69) is 27.9 Å². The second kappa shape index (κ2) is 5.96. The molecule has 1 aromatic carbocycles. The molecule has 1 amide bonds. The maximum atomic E-state index is 12.2. The minimum atomic E-state index is -0.184. The third kappa shape index (κ3) is 3.51. The highest BCUT2D eigenvalue weighted by molar-refractivity contribution is 14.1. The Morgan fingerprint density at radius 1 is 1.37 bits per heavy atom. The first-order valence-corrected chi connectivity index (χ1v) is 7.25. The Labute approximate surface area is 130 Å². The topological polar surface area (TPSA) is 42.2 Å². The first-order chi connectivity index (χ1) is 8.97. The van der Waals surface area contributed by atoms with Crippen molar-refractivity contribution in [3.8, 4) is 0 Å². The van der Waals surface area contributed by atoms with E-state index in [0.717, 1.165) is 15.1 Å². The first kappa shape index (κ1) is 14.4. The van der Waals surface area contributed by atoms with Crippen LogP contribution < -0.4 is 5.32 Å². The van der Waals surface area contributed by atoms with Crippen molar-refractivity contribution in [2.75, 3.05) is 0 Å². The molecular formula is C14H13ClINO2. The fourth-order valence-corrected chi connectivity index (χ4v) is 2.46. The summed E-state index contributed by atoms with van der Waals surface area (Å²) in [6.45, 7) is 3.76. The lowest BCUT2D eigenvalue weighted by molar-refractivity contribution is 0.0934. The van der Waals surface area contributed by atoms with Gasteiger partial charge in [-0.3, -0.25) is 4.79 Å². The van der Waals surface area contributed by atoms with Crippen molar-refractivity contribution in [3.63, 3.8) is 0 Å². The molecule has 5 heteroatoms. The molecule has 0 aliphatic rings. The molecule has 0 aliphatic heterocycles. The van der Waals surface area contributed by atoms with Gasteiger partial charge < -0.3 is 9.73 Å². The molecule has 0 aliphatic carbocycles. The van der Waals surface area contributed by atoms with Crippen molar-refractivity contribution in [1.82, 2.24) is 5.32 Å². The van der Waals surface area contributed by atoms with Crippen LogP contribution in [-0.2, 0) is 0 Å². The van der Waals surface area contributed by atoms with E-state index >= 15 is 0 Å². The van der Waals surface area contributed by atoms with Crippen molar-refractivity contribution in [3.05, 3.63) is 56.0 Å². The summed E-state index contributed by atoms with van der Waals surface area (Å²) >= 11 is 8.03. The summed E-state index contributed by atoms with van der Waals surface area (Å²) in [4.78, 5) is 12.2. The predicted octanol–water partition coefficient (Wildman–Crippen LogP) is 4.34. The third-order valence-corrected chi connectivity index (χ3v) is 3.88. The van der Waals surface area contributed by atoms with Crippen LogP contribution in [-0.4, -0.2) is 5.91 Å². The largest absolute Gasteiger partial charge is 0.464 e. The van der Waals surface area contributed by atoms with Crippen molar-refractivity contribution in [2.45, 2.75) is 19.9 Å². The summed E-state index contributed by atoms with van der Waals surface area (Å²) in [5.74, 6) is 1.41. The summed E-state index contributed by atoms with van der Waals surface area (Å²) < 4.78 is 6.36. The smallest absolute Gasteiger partial charge is 0.252 e. The number of nitrogens with one attached hydrogen (secondary N) is 1. The molecule has 0 saturated heterocycles. The van der Waals surface area contributed by atoms with Gasteiger partial charge in [-0.05, 0) is 66.8 Å².